The van der Waals surface area contributed by atoms with Gasteiger partial charge in [-0.15, -0.1) is 0 Å². The molecular formula is C15H19N3O2. The van der Waals surface area contributed by atoms with Crippen molar-refractivity contribution in [2.75, 3.05) is 13.1 Å². The van der Waals surface area contributed by atoms with Gasteiger partial charge < -0.3 is 0 Å². The van der Waals surface area contributed by atoms with E-state index in [-0.39, 0.29) is 17.9 Å². The van der Waals surface area contributed by atoms with Crippen LogP contribution in [0.25, 0.3) is 0 Å². The summed E-state index contributed by atoms with van der Waals surface area (Å²) in [5.74, 6) is -0.418. The normalized spacial score (nSPS) is 30.8. The van der Waals surface area contributed by atoms with Gasteiger partial charge >= 0.3 is 0 Å². The number of rotatable bonds is 2. The van der Waals surface area contributed by atoms with Crippen molar-refractivity contribution < 1.29 is 9.59 Å². The fraction of sp³-hybridized carbons (Fsp3) is 0.467. The minimum atomic E-state index is -0.609. The highest BCUT2D eigenvalue weighted by Crippen LogP contribution is 2.26. The van der Waals surface area contributed by atoms with Crippen molar-refractivity contribution in [2.24, 2.45) is 0 Å². The molecular weight excluding hydrogens is 254 g/mol. The molecule has 2 unspecified atom stereocenters. The van der Waals surface area contributed by atoms with Gasteiger partial charge in [0.2, 0.25) is 11.8 Å². The fourth-order valence-electron chi connectivity index (χ4n) is 3.05. The van der Waals surface area contributed by atoms with Crippen LogP contribution in [-0.4, -0.2) is 41.4 Å². The fourth-order valence-corrected chi connectivity index (χ4v) is 3.05. The SMILES string of the molecule is CC1NC2(CCN(Cc3ccccc3)C2)C(=O)NC1=O. The van der Waals surface area contributed by atoms with E-state index in [4.69, 9.17) is 0 Å². The molecule has 1 aromatic carbocycles. The number of amides is 2. The number of nitrogens with zero attached hydrogens (tertiary/aromatic N) is 1. The number of piperazine rings is 1. The molecule has 1 spiro atoms. The lowest BCUT2D eigenvalue weighted by molar-refractivity contribution is -0.140. The summed E-state index contributed by atoms with van der Waals surface area (Å²) < 4.78 is 0. The molecule has 2 atom stereocenters. The van der Waals surface area contributed by atoms with Crippen molar-refractivity contribution in [3.8, 4) is 0 Å². The van der Waals surface area contributed by atoms with Gasteiger partial charge in [-0.25, -0.2) is 0 Å². The quantitative estimate of drug-likeness (QED) is 0.759. The van der Waals surface area contributed by atoms with Crippen LogP contribution in [0.15, 0.2) is 30.3 Å². The molecule has 3 rings (SSSR count). The first kappa shape index (κ1) is 13.3. The van der Waals surface area contributed by atoms with Crippen LogP contribution in [0.3, 0.4) is 0 Å². The summed E-state index contributed by atoms with van der Waals surface area (Å²) in [5, 5.41) is 5.68. The maximum Gasteiger partial charge on any atom is 0.248 e. The predicted molar refractivity (Wildman–Crippen MR) is 74.8 cm³/mol. The van der Waals surface area contributed by atoms with Gasteiger partial charge in [-0.1, -0.05) is 30.3 Å². The van der Waals surface area contributed by atoms with Gasteiger partial charge in [-0.2, -0.15) is 0 Å². The van der Waals surface area contributed by atoms with Crippen LogP contribution in [0.1, 0.15) is 18.9 Å². The monoisotopic (exact) mass is 273 g/mol. The number of imide groups is 1. The molecule has 2 aliphatic rings. The summed E-state index contributed by atoms with van der Waals surface area (Å²) in [6, 6.07) is 9.90. The van der Waals surface area contributed by atoms with Crippen molar-refractivity contribution in [2.45, 2.75) is 31.5 Å². The zero-order valence-electron chi connectivity index (χ0n) is 11.6. The van der Waals surface area contributed by atoms with Gasteiger partial charge in [0.25, 0.3) is 0 Å². The number of nitrogens with one attached hydrogen (secondary N) is 2. The summed E-state index contributed by atoms with van der Waals surface area (Å²) in [7, 11) is 0. The van der Waals surface area contributed by atoms with Crippen molar-refractivity contribution in [3.63, 3.8) is 0 Å². The van der Waals surface area contributed by atoms with Crippen LogP contribution in [0, 0.1) is 0 Å². The number of hydrogen-bond donors (Lipinski definition) is 2. The van der Waals surface area contributed by atoms with E-state index in [1.807, 2.05) is 18.2 Å². The first-order valence-electron chi connectivity index (χ1n) is 6.98. The average molecular weight is 273 g/mol. The predicted octanol–water partition coefficient (Wildman–Crippen LogP) is 0.266. The molecule has 2 N–H and O–H groups in total. The van der Waals surface area contributed by atoms with Crippen molar-refractivity contribution in [3.05, 3.63) is 35.9 Å². The molecule has 1 aromatic rings. The van der Waals surface area contributed by atoms with Gasteiger partial charge in [-0.05, 0) is 18.9 Å². The highest BCUT2D eigenvalue weighted by atomic mass is 16.2. The largest absolute Gasteiger partial charge is 0.297 e. The smallest absolute Gasteiger partial charge is 0.248 e. The summed E-state index contributed by atoms with van der Waals surface area (Å²) >= 11 is 0. The maximum atomic E-state index is 12.2. The summed E-state index contributed by atoms with van der Waals surface area (Å²) in [6.07, 6.45) is 0.739. The second kappa shape index (κ2) is 5.00. The highest BCUT2D eigenvalue weighted by molar-refractivity contribution is 6.05. The van der Waals surface area contributed by atoms with Crippen LogP contribution in [-0.2, 0) is 16.1 Å². The molecule has 5 nitrogen and oxygen atoms in total. The first-order valence-corrected chi connectivity index (χ1v) is 6.98. The molecule has 0 aliphatic carbocycles. The Bertz CT molecular complexity index is 531. The zero-order chi connectivity index (χ0) is 14.2. The van der Waals surface area contributed by atoms with E-state index in [2.05, 4.69) is 27.7 Å². The minimum absolute atomic E-state index is 0.184. The molecule has 20 heavy (non-hydrogen) atoms. The molecule has 2 amide bonds. The maximum absolute atomic E-state index is 12.2. The first-order chi connectivity index (χ1) is 9.59. The molecule has 2 aliphatic heterocycles. The van der Waals surface area contributed by atoms with E-state index in [1.165, 1.54) is 5.56 Å². The van der Waals surface area contributed by atoms with E-state index < -0.39 is 5.54 Å². The Morgan fingerprint density at radius 1 is 1.30 bits per heavy atom. The Balaban J connectivity index is 1.69. The topological polar surface area (TPSA) is 61.4 Å². The zero-order valence-corrected chi connectivity index (χ0v) is 11.6. The Hall–Kier alpha value is -1.72. The molecule has 106 valence electrons. The lowest BCUT2D eigenvalue weighted by Gasteiger charge is -2.36. The van der Waals surface area contributed by atoms with E-state index in [9.17, 15) is 9.59 Å². The van der Waals surface area contributed by atoms with Crippen molar-refractivity contribution in [1.29, 1.82) is 0 Å². The van der Waals surface area contributed by atoms with Gasteiger partial charge in [0.15, 0.2) is 0 Å². The number of likely N-dealkylation sites (tertiary alicyclic amines) is 1. The molecule has 0 aromatic heterocycles. The molecule has 0 bridgehead atoms. The molecule has 2 heterocycles. The average Bonchev–Trinajstić information content (AvgIpc) is 2.82. The van der Waals surface area contributed by atoms with Crippen LogP contribution in [0.4, 0.5) is 0 Å². The van der Waals surface area contributed by atoms with Crippen LogP contribution < -0.4 is 10.6 Å². The summed E-state index contributed by atoms with van der Waals surface area (Å²) in [5.41, 5.74) is 0.632. The molecule has 0 radical (unpaired) electrons. The van der Waals surface area contributed by atoms with Gasteiger partial charge in [-0.3, -0.25) is 25.1 Å². The molecule has 2 fully saturated rings. The Kier molecular flexibility index (Phi) is 3.31. The molecule has 2 saturated heterocycles. The van der Waals surface area contributed by atoms with E-state index in [1.54, 1.807) is 6.92 Å². The number of hydrogen-bond acceptors (Lipinski definition) is 4. The molecule has 0 saturated carbocycles. The van der Waals surface area contributed by atoms with Gasteiger partial charge in [0, 0.05) is 19.6 Å². The Labute approximate surface area is 118 Å². The second-order valence-electron chi connectivity index (χ2n) is 5.71. The summed E-state index contributed by atoms with van der Waals surface area (Å²) in [6.45, 7) is 4.13. The van der Waals surface area contributed by atoms with E-state index in [0.717, 1.165) is 19.5 Å². The lowest BCUT2D eigenvalue weighted by Crippen LogP contribution is -2.69. The minimum Gasteiger partial charge on any atom is -0.297 e. The Morgan fingerprint density at radius 3 is 2.80 bits per heavy atom. The van der Waals surface area contributed by atoms with Crippen LogP contribution in [0.5, 0.6) is 0 Å². The number of carbonyl (C=O) groups excluding carboxylic acids is 2. The van der Waals surface area contributed by atoms with E-state index in [0.29, 0.717) is 6.54 Å². The Morgan fingerprint density at radius 2 is 2.05 bits per heavy atom. The molecule has 5 heteroatoms. The van der Waals surface area contributed by atoms with Crippen molar-refractivity contribution >= 4 is 11.8 Å². The van der Waals surface area contributed by atoms with Gasteiger partial charge in [0.05, 0.1) is 6.04 Å². The van der Waals surface area contributed by atoms with Crippen LogP contribution >= 0.6 is 0 Å². The lowest BCUT2D eigenvalue weighted by atomic mass is 9.93. The number of carbonyl (C=O) groups is 2. The highest BCUT2D eigenvalue weighted by Gasteiger charge is 2.49. The summed E-state index contributed by atoms with van der Waals surface area (Å²) in [4.78, 5) is 25.9. The van der Waals surface area contributed by atoms with Gasteiger partial charge in [0.1, 0.15) is 5.54 Å². The second-order valence-corrected chi connectivity index (χ2v) is 5.71. The van der Waals surface area contributed by atoms with E-state index >= 15 is 0 Å². The third-order valence-electron chi connectivity index (χ3n) is 4.15. The number of benzene rings is 1. The van der Waals surface area contributed by atoms with Crippen LogP contribution in [0.2, 0.25) is 0 Å². The van der Waals surface area contributed by atoms with Crippen molar-refractivity contribution in [1.82, 2.24) is 15.5 Å². The standard InChI is InChI=1S/C15H19N3O2/c1-11-13(19)16-14(20)15(17-11)7-8-18(10-15)9-12-5-3-2-4-6-12/h2-6,11,17H,7-10H2,1H3,(H,16,19,20). The third-order valence-corrected chi connectivity index (χ3v) is 4.15. The third kappa shape index (κ3) is 2.34.